The first-order valence-electron chi connectivity index (χ1n) is 8.90. The Bertz CT molecular complexity index is 529. The monoisotopic (exact) mass is 316 g/mol. The van der Waals surface area contributed by atoms with Gasteiger partial charge in [-0.1, -0.05) is 29.8 Å². The molecule has 1 heterocycles. The molecule has 1 aromatic rings. The summed E-state index contributed by atoms with van der Waals surface area (Å²) < 4.78 is 0. The molecule has 0 aromatic heterocycles. The van der Waals surface area contributed by atoms with Crippen molar-refractivity contribution in [3.05, 3.63) is 35.4 Å². The van der Waals surface area contributed by atoms with Crippen LogP contribution in [0.4, 0.5) is 0 Å². The highest BCUT2D eigenvalue weighted by molar-refractivity contribution is 5.85. The number of hydrogen-bond acceptors (Lipinski definition) is 3. The second kappa shape index (κ2) is 7.02. The van der Waals surface area contributed by atoms with Crippen molar-refractivity contribution in [3.63, 3.8) is 0 Å². The summed E-state index contributed by atoms with van der Waals surface area (Å²) in [5, 5.41) is 13.4. The van der Waals surface area contributed by atoms with E-state index >= 15 is 0 Å². The average Bonchev–Trinajstić information content (AvgIpc) is 3.21. The number of likely N-dealkylation sites (tertiary alicyclic amines) is 1. The van der Waals surface area contributed by atoms with E-state index < -0.39 is 5.60 Å². The highest BCUT2D eigenvalue weighted by Gasteiger charge is 2.39. The lowest BCUT2D eigenvalue weighted by molar-refractivity contribution is -0.139. The van der Waals surface area contributed by atoms with Gasteiger partial charge >= 0.3 is 0 Å². The Kier molecular flexibility index (Phi) is 5.02. The number of nitrogens with zero attached hydrogens (tertiary/aromatic N) is 1. The van der Waals surface area contributed by atoms with Crippen LogP contribution in [0, 0.1) is 6.92 Å². The lowest BCUT2D eigenvalue weighted by Gasteiger charge is -2.30. The van der Waals surface area contributed by atoms with Crippen LogP contribution < -0.4 is 5.32 Å². The Balaban J connectivity index is 1.68. The number of carbonyl (C=O) groups is 1. The third-order valence-corrected chi connectivity index (χ3v) is 5.35. The number of carbonyl (C=O) groups excluding carboxylic acids is 1. The van der Waals surface area contributed by atoms with E-state index in [0.717, 1.165) is 25.9 Å². The largest absolute Gasteiger partial charge is 0.380 e. The van der Waals surface area contributed by atoms with Crippen LogP contribution in [0.25, 0.3) is 0 Å². The quantitative estimate of drug-likeness (QED) is 0.878. The molecule has 4 heteroatoms. The third-order valence-electron chi connectivity index (χ3n) is 5.35. The van der Waals surface area contributed by atoms with E-state index in [1.807, 2.05) is 0 Å². The summed E-state index contributed by atoms with van der Waals surface area (Å²) in [7, 11) is 0. The second-order valence-electron chi connectivity index (χ2n) is 7.12. The zero-order valence-corrected chi connectivity index (χ0v) is 14.1. The van der Waals surface area contributed by atoms with E-state index in [2.05, 4.69) is 41.4 Å². The summed E-state index contributed by atoms with van der Waals surface area (Å²) >= 11 is 0. The molecule has 1 amide bonds. The number of aryl methyl sites for hydroxylation is 1. The minimum absolute atomic E-state index is 0.189. The van der Waals surface area contributed by atoms with Gasteiger partial charge in [-0.05, 0) is 64.1 Å². The molecule has 1 saturated heterocycles. The molecule has 2 fully saturated rings. The predicted octanol–water partition coefficient (Wildman–Crippen LogP) is 2.55. The van der Waals surface area contributed by atoms with E-state index in [9.17, 15) is 9.90 Å². The maximum Gasteiger partial charge on any atom is 0.252 e. The Morgan fingerprint density at radius 2 is 1.78 bits per heavy atom. The number of aliphatic hydroxyl groups is 1. The van der Waals surface area contributed by atoms with Crippen LogP contribution in [0.2, 0.25) is 0 Å². The van der Waals surface area contributed by atoms with Crippen LogP contribution in [-0.4, -0.2) is 41.1 Å². The molecule has 2 N–H and O–H groups in total. The van der Waals surface area contributed by atoms with Gasteiger partial charge in [-0.3, -0.25) is 9.69 Å². The predicted molar refractivity (Wildman–Crippen MR) is 91.2 cm³/mol. The van der Waals surface area contributed by atoms with Gasteiger partial charge in [-0.15, -0.1) is 0 Å². The Morgan fingerprint density at radius 3 is 2.39 bits per heavy atom. The van der Waals surface area contributed by atoms with Gasteiger partial charge in [0.1, 0.15) is 5.60 Å². The van der Waals surface area contributed by atoms with Crippen LogP contribution >= 0.6 is 0 Å². The maximum atomic E-state index is 12.4. The van der Waals surface area contributed by atoms with Crippen LogP contribution in [0.15, 0.2) is 24.3 Å². The molecule has 4 nitrogen and oxygen atoms in total. The Hall–Kier alpha value is -1.39. The number of amides is 1. The van der Waals surface area contributed by atoms with Crippen molar-refractivity contribution in [1.82, 2.24) is 10.2 Å². The fourth-order valence-corrected chi connectivity index (χ4v) is 3.84. The van der Waals surface area contributed by atoms with Crippen LogP contribution in [0.5, 0.6) is 0 Å². The van der Waals surface area contributed by atoms with Gasteiger partial charge in [0.15, 0.2) is 0 Å². The smallest absolute Gasteiger partial charge is 0.252 e. The molecule has 1 aromatic carbocycles. The standard InChI is InChI=1S/C19H28N2O2/c1-15-6-8-16(9-7-15)17(21-12-4-5-13-21)14-20-18(22)19(23)10-2-3-11-19/h6-9,17,23H,2-5,10-14H2,1H3,(H,20,22)/t17-/m1/s1. The molecule has 126 valence electrons. The van der Waals surface area contributed by atoms with E-state index in [4.69, 9.17) is 0 Å². The Morgan fingerprint density at radius 1 is 1.17 bits per heavy atom. The van der Waals surface area contributed by atoms with Gasteiger partial charge in [-0.2, -0.15) is 0 Å². The molecule has 1 aliphatic carbocycles. The van der Waals surface area contributed by atoms with E-state index in [-0.39, 0.29) is 11.9 Å². The highest BCUT2D eigenvalue weighted by Crippen LogP contribution is 2.30. The summed E-state index contributed by atoms with van der Waals surface area (Å²) in [6.07, 6.45) is 5.52. The molecule has 1 saturated carbocycles. The molecule has 2 aliphatic rings. The number of benzene rings is 1. The summed E-state index contributed by atoms with van der Waals surface area (Å²) in [5.41, 5.74) is 1.36. The second-order valence-corrected chi connectivity index (χ2v) is 7.12. The summed E-state index contributed by atoms with van der Waals surface area (Å²) in [6, 6.07) is 8.78. The van der Waals surface area contributed by atoms with E-state index in [1.54, 1.807) is 0 Å². The van der Waals surface area contributed by atoms with Crippen molar-refractivity contribution in [2.75, 3.05) is 19.6 Å². The molecule has 0 spiro atoms. The van der Waals surface area contributed by atoms with Crippen molar-refractivity contribution in [2.45, 2.75) is 57.1 Å². The van der Waals surface area contributed by atoms with Gasteiger partial charge in [-0.25, -0.2) is 0 Å². The van der Waals surface area contributed by atoms with Gasteiger partial charge in [0, 0.05) is 6.54 Å². The number of rotatable bonds is 5. The molecular weight excluding hydrogens is 288 g/mol. The van der Waals surface area contributed by atoms with Crippen molar-refractivity contribution in [1.29, 1.82) is 0 Å². The molecule has 0 bridgehead atoms. The van der Waals surface area contributed by atoms with Gasteiger partial charge in [0.2, 0.25) is 0 Å². The first-order chi connectivity index (χ1) is 11.1. The van der Waals surface area contributed by atoms with Crippen molar-refractivity contribution < 1.29 is 9.90 Å². The zero-order valence-electron chi connectivity index (χ0n) is 14.1. The molecule has 1 aliphatic heterocycles. The lowest BCUT2D eigenvalue weighted by atomic mass is 10.00. The summed E-state index contributed by atoms with van der Waals surface area (Å²) in [6.45, 7) is 4.83. The van der Waals surface area contributed by atoms with Crippen LogP contribution in [0.1, 0.15) is 55.7 Å². The average molecular weight is 316 g/mol. The first-order valence-corrected chi connectivity index (χ1v) is 8.90. The minimum atomic E-state index is -1.14. The van der Waals surface area contributed by atoms with E-state index in [0.29, 0.717) is 19.4 Å². The lowest BCUT2D eigenvalue weighted by Crippen LogP contribution is -2.47. The van der Waals surface area contributed by atoms with Gasteiger partial charge in [0.05, 0.1) is 6.04 Å². The first kappa shape index (κ1) is 16.5. The van der Waals surface area contributed by atoms with Crippen molar-refractivity contribution in [2.24, 2.45) is 0 Å². The molecular formula is C19H28N2O2. The SMILES string of the molecule is Cc1ccc([C@@H](CNC(=O)C2(O)CCCC2)N2CCCC2)cc1. The number of hydrogen-bond donors (Lipinski definition) is 2. The summed E-state index contributed by atoms with van der Waals surface area (Å²) in [5.74, 6) is -0.189. The number of nitrogens with one attached hydrogen (secondary N) is 1. The molecule has 3 rings (SSSR count). The molecule has 23 heavy (non-hydrogen) atoms. The molecule has 1 atom stereocenters. The fraction of sp³-hybridized carbons (Fsp3) is 0.632. The van der Waals surface area contributed by atoms with Gasteiger partial charge in [0.25, 0.3) is 5.91 Å². The van der Waals surface area contributed by atoms with Crippen molar-refractivity contribution in [3.8, 4) is 0 Å². The topological polar surface area (TPSA) is 52.6 Å². The molecule has 0 radical (unpaired) electrons. The molecule has 0 unspecified atom stereocenters. The maximum absolute atomic E-state index is 12.4. The fourth-order valence-electron chi connectivity index (χ4n) is 3.84. The van der Waals surface area contributed by atoms with Gasteiger partial charge < -0.3 is 10.4 Å². The van der Waals surface area contributed by atoms with Crippen molar-refractivity contribution >= 4 is 5.91 Å². The normalized spacial score (nSPS) is 22.2. The van der Waals surface area contributed by atoms with Crippen LogP contribution in [0.3, 0.4) is 0 Å². The minimum Gasteiger partial charge on any atom is -0.380 e. The summed E-state index contributed by atoms with van der Waals surface area (Å²) in [4.78, 5) is 14.8. The van der Waals surface area contributed by atoms with Crippen LogP contribution in [-0.2, 0) is 4.79 Å². The Labute approximate surface area is 138 Å². The highest BCUT2D eigenvalue weighted by atomic mass is 16.3. The zero-order chi connectivity index (χ0) is 16.3. The van der Waals surface area contributed by atoms with E-state index in [1.165, 1.54) is 24.0 Å². The third kappa shape index (κ3) is 3.75.